The van der Waals surface area contributed by atoms with Crippen molar-refractivity contribution in [3.05, 3.63) is 42.5 Å². The highest BCUT2D eigenvalue weighted by molar-refractivity contribution is 5.94. The van der Waals surface area contributed by atoms with Gasteiger partial charge in [-0.05, 0) is 37.3 Å². The lowest BCUT2D eigenvalue weighted by molar-refractivity contribution is -0.119. The summed E-state index contributed by atoms with van der Waals surface area (Å²) in [4.78, 5) is 14.7. The zero-order chi connectivity index (χ0) is 13.8. The number of amides is 1. The summed E-state index contributed by atoms with van der Waals surface area (Å²) in [5.41, 5.74) is 0.995. The third-order valence-corrected chi connectivity index (χ3v) is 4.12. The van der Waals surface area contributed by atoms with E-state index in [1.54, 1.807) is 0 Å². The zero-order valence-electron chi connectivity index (χ0n) is 11.7. The van der Waals surface area contributed by atoms with Crippen molar-refractivity contribution in [1.82, 2.24) is 0 Å². The molecule has 2 unspecified atom stereocenters. The second kappa shape index (κ2) is 6.23. The number of para-hydroxylation sites is 1. The van der Waals surface area contributed by atoms with Gasteiger partial charge in [0.15, 0.2) is 0 Å². The number of allylic oxidation sites excluding steroid dienone is 2. The fourth-order valence-electron chi connectivity index (χ4n) is 3.06. The number of rotatable bonds is 4. The molecule has 2 atom stereocenters. The van der Waals surface area contributed by atoms with Crippen molar-refractivity contribution in [2.45, 2.75) is 31.7 Å². The van der Waals surface area contributed by atoms with Crippen molar-refractivity contribution in [2.24, 2.45) is 5.92 Å². The molecule has 0 N–H and O–H groups in total. The number of ether oxygens (including phenoxy) is 1. The number of carbonyl (C=O) groups excluding carboxylic acids is 1. The first-order valence-corrected chi connectivity index (χ1v) is 7.46. The average Bonchev–Trinajstić information content (AvgIpc) is 3.14. The maximum absolute atomic E-state index is 12.7. The van der Waals surface area contributed by atoms with E-state index in [0.29, 0.717) is 18.9 Å². The first-order chi connectivity index (χ1) is 9.84. The lowest BCUT2D eigenvalue weighted by Crippen LogP contribution is -2.41. The fraction of sp³-hybridized carbons (Fsp3) is 0.471. The maximum atomic E-state index is 12.7. The molecule has 0 bridgehead atoms. The van der Waals surface area contributed by atoms with Crippen LogP contribution in [-0.4, -0.2) is 25.2 Å². The minimum Gasteiger partial charge on any atom is -0.379 e. The Hall–Kier alpha value is -1.61. The quantitative estimate of drug-likeness (QED) is 0.787. The molecule has 2 aliphatic rings. The molecule has 3 heteroatoms. The molecule has 1 aromatic rings. The summed E-state index contributed by atoms with van der Waals surface area (Å²) in [7, 11) is 0. The summed E-state index contributed by atoms with van der Waals surface area (Å²) >= 11 is 0. The van der Waals surface area contributed by atoms with Gasteiger partial charge in [0.05, 0.1) is 12.6 Å². The lowest BCUT2D eigenvalue weighted by Gasteiger charge is -2.29. The van der Waals surface area contributed by atoms with Crippen LogP contribution in [0.3, 0.4) is 0 Å². The summed E-state index contributed by atoms with van der Waals surface area (Å²) in [5, 5.41) is 0. The zero-order valence-corrected chi connectivity index (χ0v) is 11.7. The number of benzene rings is 1. The van der Waals surface area contributed by atoms with Crippen LogP contribution in [-0.2, 0) is 9.53 Å². The van der Waals surface area contributed by atoms with Crippen molar-refractivity contribution in [2.75, 3.05) is 18.1 Å². The summed E-state index contributed by atoms with van der Waals surface area (Å²) in [5.74, 6) is 0.638. The second-order valence-corrected chi connectivity index (χ2v) is 5.59. The van der Waals surface area contributed by atoms with Crippen LogP contribution in [0.1, 0.15) is 25.7 Å². The number of hydrogen-bond acceptors (Lipinski definition) is 2. The van der Waals surface area contributed by atoms with Gasteiger partial charge in [-0.25, -0.2) is 0 Å². The smallest absolute Gasteiger partial charge is 0.227 e. The second-order valence-electron chi connectivity index (χ2n) is 5.59. The van der Waals surface area contributed by atoms with Gasteiger partial charge in [0.2, 0.25) is 5.91 Å². The minimum absolute atomic E-state index is 0.190. The monoisotopic (exact) mass is 271 g/mol. The summed E-state index contributed by atoms with van der Waals surface area (Å²) in [6.07, 6.45) is 8.13. The lowest BCUT2D eigenvalue weighted by atomic mass is 10.0. The van der Waals surface area contributed by atoms with Crippen LogP contribution < -0.4 is 4.90 Å². The van der Waals surface area contributed by atoms with E-state index in [1.165, 1.54) is 0 Å². The first-order valence-electron chi connectivity index (χ1n) is 7.46. The third-order valence-electron chi connectivity index (χ3n) is 4.12. The van der Waals surface area contributed by atoms with E-state index in [0.717, 1.165) is 31.6 Å². The maximum Gasteiger partial charge on any atom is 0.227 e. The van der Waals surface area contributed by atoms with Crippen LogP contribution in [0, 0.1) is 5.92 Å². The van der Waals surface area contributed by atoms with Crippen molar-refractivity contribution in [1.29, 1.82) is 0 Å². The van der Waals surface area contributed by atoms with Crippen LogP contribution in [0.2, 0.25) is 0 Å². The molecule has 1 aliphatic heterocycles. The van der Waals surface area contributed by atoms with Gasteiger partial charge < -0.3 is 9.64 Å². The van der Waals surface area contributed by atoms with Crippen molar-refractivity contribution >= 4 is 11.6 Å². The minimum atomic E-state index is 0.190. The van der Waals surface area contributed by atoms with Crippen LogP contribution >= 0.6 is 0 Å². The summed E-state index contributed by atoms with van der Waals surface area (Å²) < 4.78 is 5.47. The molecule has 1 saturated heterocycles. The van der Waals surface area contributed by atoms with Gasteiger partial charge >= 0.3 is 0 Å². The van der Waals surface area contributed by atoms with E-state index in [1.807, 2.05) is 35.2 Å². The Kier molecular flexibility index (Phi) is 4.16. The van der Waals surface area contributed by atoms with Crippen LogP contribution in [0.4, 0.5) is 5.69 Å². The molecular weight excluding hydrogens is 250 g/mol. The van der Waals surface area contributed by atoms with E-state index in [4.69, 9.17) is 4.74 Å². The highest BCUT2D eigenvalue weighted by Crippen LogP contribution is 2.26. The molecule has 1 amide bonds. The van der Waals surface area contributed by atoms with Gasteiger partial charge in [0.25, 0.3) is 0 Å². The van der Waals surface area contributed by atoms with Gasteiger partial charge in [-0.2, -0.15) is 0 Å². The van der Waals surface area contributed by atoms with Gasteiger partial charge in [0, 0.05) is 18.7 Å². The predicted octanol–water partition coefficient (Wildman–Crippen LogP) is 3.16. The first kappa shape index (κ1) is 13.4. The largest absolute Gasteiger partial charge is 0.379 e. The molecule has 20 heavy (non-hydrogen) atoms. The Bertz CT molecular complexity index is 477. The van der Waals surface area contributed by atoms with Gasteiger partial charge in [-0.1, -0.05) is 30.4 Å². The Balaban J connectivity index is 1.77. The van der Waals surface area contributed by atoms with Gasteiger partial charge in [0.1, 0.15) is 0 Å². The molecule has 0 spiro atoms. The average molecular weight is 271 g/mol. The SMILES string of the molecule is O=C(CC1C=CCC1)N(c1ccccc1)C1CCOC1. The summed E-state index contributed by atoms with van der Waals surface area (Å²) in [6, 6.07) is 10.2. The van der Waals surface area contributed by atoms with Crippen LogP contribution in [0.25, 0.3) is 0 Å². The molecule has 1 aromatic carbocycles. The third kappa shape index (κ3) is 2.93. The molecule has 1 aliphatic carbocycles. The van der Waals surface area contributed by atoms with Crippen molar-refractivity contribution < 1.29 is 9.53 Å². The van der Waals surface area contributed by atoms with Crippen LogP contribution in [0.5, 0.6) is 0 Å². The van der Waals surface area contributed by atoms with Crippen LogP contribution in [0.15, 0.2) is 42.5 Å². The molecular formula is C17H21NO2. The molecule has 3 rings (SSSR count). The summed E-state index contributed by atoms with van der Waals surface area (Å²) in [6.45, 7) is 1.41. The van der Waals surface area contributed by atoms with E-state index < -0.39 is 0 Å². The molecule has 1 fully saturated rings. The number of hydrogen-bond donors (Lipinski definition) is 0. The van der Waals surface area contributed by atoms with Gasteiger partial charge in [-0.3, -0.25) is 4.79 Å². The van der Waals surface area contributed by atoms with E-state index in [-0.39, 0.29) is 11.9 Å². The molecule has 1 heterocycles. The number of nitrogens with zero attached hydrogens (tertiary/aromatic N) is 1. The molecule has 3 nitrogen and oxygen atoms in total. The molecule has 0 radical (unpaired) electrons. The Labute approximate surface area is 120 Å². The molecule has 0 saturated carbocycles. The predicted molar refractivity (Wildman–Crippen MR) is 79.6 cm³/mol. The normalized spacial score (nSPS) is 25.0. The topological polar surface area (TPSA) is 29.5 Å². The Morgan fingerprint density at radius 2 is 2.10 bits per heavy atom. The highest BCUT2D eigenvalue weighted by atomic mass is 16.5. The highest BCUT2D eigenvalue weighted by Gasteiger charge is 2.29. The number of carbonyl (C=O) groups is 1. The van der Waals surface area contributed by atoms with E-state index in [2.05, 4.69) is 12.2 Å². The van der Waals surface area contributed by atoms with E-state index in [9.17, 15) is 4.79 Å². The Morgan fingerprint density at radius 1 is 1.25 bits per heavy atom. The van der Waals surface area contributed by atoms with Crippen molar-refractivity contribution in [3.63, 3.8) is 0 Å². The van der Waals surface area contributed by atoms with E-state index >= 15 is 0 Å². The van der Waals surface area contributed by atoms with Crippen molar-refractivity contribution in [3.8, 4) is 0 Å². The fourth-order valence-corrected chi connectivity index (χ4v) is 3.06. The van der Waals surface area contributed by atoms with Gasteiger partial charge in [-0.15, -0.1) is 0 Å². The number of anilines is 1. The Morgan fingerprint density at radius 3 is 2.75 bits per heavy atom. The molecule has 0 aromatic heterocycles. The standard InChI is InChI=1S/C17H21NO2/c19-17(12-14-6-4-5-7-14)18(16-10-11-20-13-16)15-8-2-1-3-9-15/h1-4,6,8-9,14,16H,5,7,10-13H2. The molecule has 106 valence electrons.